The summed E-state index contributed by atoms with van der Waals surface area (Å²) in [5.41, 5.74) is 6.21. The van der Waals surface area contributed by atoms with Crippen molar-refractivity contribution in [2.75, 3.05) is 6.54 Å². The fraction of sp³-hybridized carbons (Fsp3) is 0.412. The Labute approximate surface area is 129 Å². The number of amides is 2. The molecule has 0 bridgehead atoms. The molecule has 3 N–H and O–H groups in total. The SMILES string of the molecule is NC(=O)[C@H](CNC(=O)C[C@@H]1C=CCC1)Cc1ccc(F)cc1. The Balaban J connectivity index is 1.83. The van der Waals surface area contributed by atoms with Crippen molar-refractivity contribution in [3.8, 4) is 0 Å². The zero-order chi connectivity index (χ0) is 15.9. The second kappa shape index (κ2) is 7.73. The average Bonchev–Trinajstić information content (AvgIpc) is 2.98. The summed E-state index contributed by atoms with van der Waals surface area (Å²) in [5, 5.41) is 2.77. The van der Waals surface area contributed by atoms with Gasteiger partial charge in [-0.05, 0) is 42.9 Å². The van der Waals surface area contributed by atoms with Crippen molar-refractivity contribution < 1.29 is 14.0 Å². The van der Waals surface area contributed by atoms with E-state index < -0.39 is 11.8 Å². The maximum Gasteiger partial charge on any atom is 0.222 e. The van der Waals surface area contributed by atoms with Crippen LogP contribution < -0.4 is 11.1 Å². The number of nitrogens with one attached hydrogen (secondary N) is 1. The molecule has 0 fully saturated rings. The van der Waals surface area contributed by atoms with E-state index in [1.165, 1.54) is 12.1 Å². The third kappa shape index (κ3) is 4.98. The smallest absolute Gasteiger partial charge is 0.222 e. The van der Waals surface area contributed by atoms with E-state index in [-0.39, 0.29) is 18.3 Å². The van der Waals surface area contributed by atoms with E-state index >= 15 is 0 Å². The van der Waals surface area contributed by atoms with Crippen LogP contribution in [0.1, 0.15) is 24.8 Å². The average molecular weight is 304 g/mol. The molecule has 1 aliphatic rings. The van der Waals surface area contributed by atoms with Crippen LogP contribution in [0.25, 0.3) is 0 Å². The van der Waals surface area contributed by atoms with Crippen LogP contribution >= 0.6 is 0 Å². The van der Waals surface area contributed by atoms with Gasteiger partial charge in [-0.3, -0.25) is 9.59 Å². The molecule has 22 heavy (non-hydrogen) atoms. The summed E-state index contributed by atoms with van der Waals surface area (Å²) in [6.45, 7) is 0.210. The molecule has 2 rings (SSSR count). The predicted molar refractivity (Wildman–Crippen MR) is 82.3 cm³/mol. The normalized spacial score (nSPS) is 18.1. The first-order valence-corrected chi connectivity index (χ1v) is 7.51. The molecule has 1 aromatic carbocycles. The fourth-order valence-corrected chi connectivity index (χ4v) is 2.59. The Morgan fingerprint density at radius 1 is 1.32 bits per heavy atom. The van der Waals surface area contributed by atoms with Gasteiger partial charge in [0.15, 0.2) is 0 Å². The highest BCUT2D eigenvalue weighted by atomic mass is 19.1. The van der Waals surface area contributed by atoms with Crippen LogP contribution in [-0.4, -0.2) is 18.4 Å². The van der Waals surface area contributed by atoms with Crippen LogP contribution in [0.2, 0.25) is 0 Å². The number of carbonyl (C=O) groups excluding carboxylic acids is 2. The van der Waals surface area contributed by atoms with E-state index in [1.807, 2.05) is 0 Å². The number of benzene rings is 1. The number of allylic oxidation sites excluding steroid dienone is 2. The Kier molecular flexibility index (Phi) is 5.69. The lowest BCUT2D eigenvalue weighted by Gasteiger charge is -2.15. The van der Waals surface area contributed by atoms with E-state index in [4.69, 9.17) is 5.73 Å². The quantitative estimate of drug-likeness (QED) is 0.756. The van der Waals surface area contributed by atoms with Gasteiger partial charge in [0, 0.05) is 13.0 Å². The fourth-order valence-electron chi connectivity index (χ4n) is 2.59. The molecule has 118 valence electrons. The Morgan fingerprint density at radius 3 is 2.64 bits per heavy atom. The number of primary amides is 1. The molecule has 5 heteroatoms. The van der Waals surface area contributed by atoms with E-state index in [1.54, 1.807) is 12.1 Å². The summed E-state index contributed by atoms with van der Waals surface area (Å²) in [4.78, 5) is 23.4. The zero-order valence-corrected chi connectivity index (χ0v) is 12.4. The lowest BCUT2D eigenvalue weighted by Crippen LogP contribution is -2.37. The van der Waals surface area contributed by atoms with Gasteiger partial charge < -0.3 is 11.1 Å². The maximum atomic E-state index is 12.9. The number of carbonyl (C=O) groups is 2. The standard InChI is InChI=1S/C17H21FN2O2/c18-15-7-5-13(6-8-15)9-14(17(19)22)11-20-16(21)10-12-3-1-2-4-12/h1,3,5-8,12,14H,2,4,9-11H2,(H2,19,22)(H,20,21)/t12-,14+/m1/s1. The third-order valence-electron chi connectivity index (χ3n) is 3.90. The van der Waals surface area contributed by atoms with E-state index in [9.17, 15) is 14.0 Å². The van der Waals surface area contributed by atoms with Gasteiger partial charge >= 0.3 is 0 Å². The molecule has 0 saturated carbocycles. The molecule has 0 heterocycles. The van der Waals surface area contributed by atoms with Crippen molar-refractivity contribution in [1.82, 2.24) is 5.32 Å². The number of hydrogen-bond acceptors (Lipinski definition) is 2. The Hall–Kier alpha value is -2.17. The van der Waals surface area contributed by atoms with Crippen LogP contribution in [0.5, 0.6) is 0 Å². The first kappa shape index (κ1) is 16.2. The minimum atomic E-state index is -0.492. The minimum absolute atomic E-state index is 0.0677. The van der Waals surface area contributed by atoms with Crippen molar-refractivity contribution in [3.63, 3.8) is 0 Å². The van der Waals surface area contributed by atoms with Gasteiger partial charge in [0.25, 0.3) is 0 Å². The second-order valence-corrected chi connectivity index (χ2v) is 5.70. The first-order chi connectivity index (χ1) is 10.5. The molecule has 1 aliphatic carbocycles. The maximum absolute atomic E-state index is 12.9. The van der Waals surface area contributed by atoms with Crippen molar-refractivity contribution >= 4 is 11.8 Å². The van der Waals surface area contributed by atoms with Gasteiger partial charge in [-0.25, -0.2) is 4.39 Å². The number of rotatable bonds is 7. The Bertz CT molecular complexity index is 554. The van der Waals surface area contributed by atoms with Gasteiger partial charge in [-0.1, -0.05) is 24.3 Å². The molecule has 0 aliphatic heterocycles. The van der Waals surface area contributed by atoms with E-state index in [2.05, 4.69) is 17.5 Å². The van der Waals surface area contributed by atoms with Crippen molar-refractivity contribution in [3.05, 3.63) is 47.8 Å². The summed E-state index contributed by atoms with van der Waals surface area (Å²) < 4.78 is 12.9. The highest BCUT2D eigenvalue weighted by Gasteiger charge is 2.19. The number of nitrogens with two attached hydrogens (primary N) is 1. The number of halogens is 1. The molecule has 4 nitrogen and oxygen atoms in total. The molecular weight excluding hydrogens is 283 g/mol. The highest BCUT2D eigenvalue weighted by molar-refractivity contribution is 5.80. The first-order valence-electron chi connectivity index (χ1n) is 7.51. The molecule has 1 aromatic rings. The second-order valence-electron chi connectivity index (χ2n) is 5.70. The summed E-state index contributed by atoms with van der Waals surface area (Å²) in [6, 6.07) is 5.93. The van der Waals surface area contributed by atoms with Gasteiger partial charge in [-0.15, -0.1) is 0 Å². The molecule has 0 aromatic heterocycles. The number of hydrogen-bond donors (Lipinski definition) is 2. The summed E-state index contributed by atoms with van der Waals surface area (Å²) in [5.74, 6) is -1.05. The van der Waals surface area contributed by atoms with Crippen molar-refractivity contribution in [2.45, 2.75) is 25.7 Å². The third-order valence-corrected chi connectivity index (χ3v) is 3.90. The Morgan fingerprint density at radius 2 is 2.05 bits per heavy atom. The summed E-state index contributed by atoms with van der Waals surface area (Å²) in [7, 11) is 0. The van der Waals surface area contributed by atoms with Gasteiger partial charge in [0.05, 0.1) is 5.92 Å². The van der Waals surface area contributed by atoms with Crippen LogP contribution in [0.15, 0.2) is 36.4 Å². The van der Waals surface area contributed by atoms with E-state index in [0.29, 0.717) is 18.8 Å². The van der Waals surface area contributed by atoms with Crippen LogP contribution in [0.3, 0.4) is 0 Å². The molecular formula is C17H21FN2O2. The van der Waals surface area contributed by atoms with Crippen LogP contribution in [0.4, 0.5) is 4.39 Å². The molecule has 0 unspecified atom stereocenters. The topological polar surface area (TPSA) is 72.2 Å². The minimum Gasteiger partial charge on any atom is -0.369 e. The molecule has 0 radical (unpaired) electrons. The largest absolute Gasteiger partial charge is 0.369 e. The molecule has 2 atom stereocenters. The zero-order valence-electron chi connectivity index (χ0n) is 12.4. The highest BCUT2D eigenvalue weighted by Crippen LogP contribution is 2.20. The van der Waals surface area contributed by atoms with Crippen molar-refractivity contribution in [1.29, 1.82) is 0 Å². The lowest BCUT2D eigenvalue weighted by atomic mass is 9.98. The monoisotopic (exact) mass is 304 g/mol. The van der Waals surface area contributed by atoms with Gasteiger partial charge in [0.2, 0.25) is 11.8 Å². The van der Waals surface area contributed by atoms with Crippen LogP contribution in [0, 0.1) is 17.7 Å². The van der Waals surface area contributed by atoms with Gasteiger partial charge in [0.1, 0.15) is 5.82 Å². The molecule has 2 amide bonds. The van der Waals surface area contributed by atoms with E-state index in [0.717, 1.165) is 18.4 Å². The molecule has 0 saturated heterocycles. The molecule has 0 spiro atoms. The van der Waals surface area contributed by atoms with Gasteiger partial charge in [-0.2, -0.15) is 0 Å². The van der Waals surface area contributed by atoms with Crippen molar-refractivity contribution in [2.24, 2.45) is 17.6 Å². The predicted octanol–water partition coefficient (Wildman–Crippen LogP) is 1.94. The lowest BCUT2D eigenvalue weighted by molar-refractivity contribution is -0.123. The van der Waals surface area contributed by atoms with Crippen LogP contribution in [-0.2, 0) is 16.0 Å². The summed E-state index contributed by atoms with van der Waals surface area (Å²) >= 11 is 0. The summed E-state index contributed by atoms with van der Waals surface area (Å²) in [6.07, 6.45) is 6.99.